The molecular formula is C19H23ClFN3O2S. The standard InChI is InChI=1S/C19H23ClFN3O2S/c1-12-10-24(6-7-26-12)17(19-15(20)4-3-5-16(19)21)9-22-18(25)8-14-11-27-13(2)23-14/h3-5,11-12,17H,6-10H2,1-2H3,(H,22,25). The molecule has 146 valence electrons. The molecule has 0 saturated carbocycles. The normalized spacial score (nSPS) is 19.0. The predicted octanol–water partition coefficient (Wildman–Crippen LogP) is 3.36. The summed E-state index contributed by atoms with van der Waals surface area (Å²) in [4.78, 5) is 18.8. The van der Waals surface area contributed by atoms with Gasteiger partial charge >= 0.3 is 0 Å². The van der Waals surface area contributed by atoms with Gasteiger partial charge in [0.25, 0.3) is 0 Å². The van der Waals surface area contributed by atoms with Crippen molar-refractivity contribution in [1.82, 2.24) is 15.2 Å². The Morgan fingerprint density at radius 1 is 1.56 bits per heavy atom. The first kappa shape index (κ1) is 20.2. The molecule has 1 aliphatic rings. The zero-order chi connectivity index (χ0) is 19.4. The molecule has 1 fully saturated rings. The van der Waals surface area contributed by atoms with Gasteiger partial charge in [-0.05, 0) is 26.0 Å². The molecule has 1 N–H and O–H groups in total. The lowest BCUT2D eigenvalue weighted by atomic mass is 10.0. The van der Waals surface area contributed by atoms with Gasteiger partial charge in [0.15, 0.2) is 0 Å². The zero-order valence-corrected chi connectivity index (χ0v) is 16.9. The Morgan fingerprint density at radius 2 is 2.37 bits per heavy atom. The summed E-state index contributed by atoms with van der Waals surface area (Å²) in [6.45, 7) is 6.03. The minimum atomic E-state index is -0.365. The van der Waals surface area contributed by atoms with Crippen molar-refractivity contribution in [2.45, 2.75) is 32.4 Å². The summed E-state index contributed by atoms with van der Waals surface area (Å²) in [6.07, 6.45) is 0.252. The van der Waals surface area contributed by atoms with Gasteiger partial charge in [-0.15, -0.1) is 11.3 Å². The molecule has 3 rings (SSSR count). The van der Waals surface area contributed by atoms with Crippen molar-refractivity contribution in [2.75, 3.05) is 26.2 Å². The largest absolute Gasteiger partial charge is 0.376 e. The molecule has 1 aliphatic heterocycles. The van der Waals surface area contributed by atoms with E-state index in [2.05, 4.69) is 15.2 Å². The minimum absolute atomic E-state index is 0.0421. The first-order chi connectivity index (χ1) is 12.9. The van der Waals surface area contributed by atoms with Crippen LogP contribution in [0.1, 0.15) is 29.2 Å². The molecule has 1 aromatic heterocycles. The summed E-state index contributed by atoms with van der Waals surface area (Å²) >= 11 is 7.82. The van der Waals surface area contributed by atoms with Crippen LogP contribution in [-0.2, 0) is 16.0 Å². The molecule has 27 heavy (non-hydrogen) atoms. The number of morpholine rings is 1. The van der Waals surface area contributed by atoms with Gasteiger partial charge < -0.3 is 10.1 Å². The van der Waals surface area contributed by atoms with Crippen molar-refractivity contribution in [3.63, 3.8) is 0 Å². The number of nitrogens with zero attached hydrogens (tertiary/aromatic N) is 2. The van der Waals surface area contributed by atoms with Gasteiger partial charge in [-0.25, -0.2) is 9.37 Å². The van der Waals surface area contributed by atoms with E-state index in [0.29, 0.717) is 30.3 Å². The zero-order valence-electron chi connectivity index (χ0n) is 15.4. The second-order valence-electron chi connectivity index (χ2n) is 6.67. The number of halogens is 2. The number of amides is 1. The van der Waals surface area contributed by atoms with E-state index >= 15 is 0 Å². The van der Waals surface area contributed by atoms with Gasteiger partial charge in [0, 0.05) is 35.6 Å². The summed E-state index contributed by atoms with van der Waals surface area (Å²) in [5.41, 5.74) is 1.16. The molecule has 0 aliphatic carbocycles. The molecule has 1 aromatic carbocycles. The highest BCUT2D eigenvalue weighted by molar-refractivity contribution is 7.09. The first-order valence-electron chi connectivity index (χ1n) is 8.91. The van der Waals surface area contributed by atoms with Crippen molar-refractivity contribution in [2.24, 2.45) is 0 Å². The number of hydrogen-bond acceptors (Lipinski definition) is 5. The fourth-order valence-corrected chi connectivity index (χ4v) is 4.20. The molecule has 2 atom stereocenters. The van der Waals surface area contributed by atoms with Gasteiger partial charge in [0.2, 0.25) is 5.91 Å². The van der Waals surface area contributed by atoms with E-state index in [1.807, 2.05) is 19.2 Å². The Bertz CT molecular complexity index is 781. The van der Waals surface area contributed by atoms with Crippen LogP contribution in [0.5, 0.6) is 0 Å². The molecular weight excluding hydrogens is 389 g/mol. The first-order valence-corrected chi connectivity index (χ1v) is 10.2. The predicted molar refractivity (Wildman–Crippen MR) is 105 cm³/mol. The number of ether oxygens (including phenoxy) is 1. The monoisotopic (exact) mass is 411 g/mol. The molecule has 0 bridgehead atoms. The van der Waals surface area contributed by atoms with Gasteiger partial charge in [-0.3, -0.25) is 9.69 Å². The van der Waals surface area contributed by atoms with Crippen LogP contribution in [-0.4, -0.2) is 48.1 Å². The average Bonchev–Trinajstić information content (AvgIpc) is 3.02. The molecule has 2 aromatic rings. The second kappa shape index (κ2) is 9.10. The maximum Gasteiger partial charge on any atom is 0.226 e. The lowest BCUT2D eigenvalue weighted by Gasteiger charge is -2.38. The van der Waals surface area contributed by atoms with Gasteiger partial charge in [-0.1, -0.05) is 17.7 Å². The highest BCUT2D eigenvalue weighted by Crippen LogP contribution is 2.31. The number of benzene rings is 1. The number of carbonyl (C=O) groups excluding carboxylic acids is 1. The highest BCUT2D eigenvalue weighted by Gasteiger charge is 2.29. The molecule has 0 spiro atoms. The van der Waals surface area contributed by atoms with Crippen LogP contribution < -0.4 is 5.32 Å². The van der Waals surface area contributed by atoms with Crippen molar-refractivity contribution >= 4 is 28.8 Å². The van der Waals surface area contributed by atoms with Crippen molar-refractivity contribution < 1.29 is 13.9 Å². The molecule has 2 unspecified atom stereocenters. The smallest absolute Gasteiger partial charge is 0.226 e. The van der Waals surface area contributed by atoms with E-state index in [9.17, 15) is 9.18 Å². The maximum absolute atomic E-state index is 14.6. The third-order valence-corrected chi connectivity index (χ3v) is 5.70. The Labute approximate surface area is 167 Å². The van der Waals surface area contributed by atoms with E-state index in [0.717, 1.165) is 10.7 Å². The molecule has 1 saturated heterocycles. The SMILES string of the molecule is Cc1nc(CC(=O)NCC(c2c(F)cccc2Cl)N2CCOC(C)C2)cs1. The highest BCUT2D eigenvalue weighted by atomic mass is 35.5. The summed E-state index contributed by atoms with van der Waals surface area (Å²) < 4.78 is 20.2. The average molecular weight is 412 g/mol. The van der Waals surface area contributed by atoms with E-state index in [1.165, 1.54) is 17.4 Å². The molecule has 2 heterocycles. The Morgan fingerprint density at radius 3 is 3.04 bits per heavy atom. The Kier molecular flexibility index (Phi) is 6.81. The number of aryl methyl sites for hydroxylation is 1. The fraction of sp³-hybridized carbons (Fsp3) is 0.474. The molecule has 8 heteroatoms. The van der Waals surface area contributed by atoms with E-state index < -0.39 is 0 Å². The summed E-state index contributed by atoms with van der Waals surface area (Å²) in [6, 6.07) is 4.31. The Hall–Kier alpha value is -1.54. The van der Waals surface area contributed by atoms with Crippen LogP contribution >= 0.6 is 22.9 Å². The van der Waals surface area contributed by atoms with Crippen molar-refractivity contribution in [1.29, 1.82) is 0 Å². The third-order valence-electron chi connectivity index (χ3n) is 4.55. The van der Waals surface area contributed by atoms with Gasteiger partial charge in [0.05, 0.1) is 35.9 Å². The summed E-state index contributed by atoms with van der Waals surface area (Å²) in [7, 11) is 0. The van der Waals surface area contributed by atoms with E-state index in [-0.39, 0.29) is 36.8 Å². The molecule has 1 amide bonds. The number of carbonyl (C=O) groups is 1. The summed E-state index contributed by atoms with van der Waals surface area (Å²) in [5.74, 6) is -0.505. The van der Waals surface area contributed by atoms with Crippen molar-refractivity contribution in [3.8, 4) is 0 Å². The number of nitrogens with one attached hydrogen (secondary N) is 1. The van der Waals surface area contributed by atoms with Crippen LogP contribution in [0.25, 0.3) is 0 Å². The number of rotatable bonds is 6. The van der Waals surface area contributed by atoms with Crippen molar-refractivity contribution in [3.05, 3.63) is 50.7 Å². The second-order valence-corrected chi connectivity index (χ2v) is 8.14. The minimum Gasteiger partial charge on any atom is -0.376 e. The van der Waals surface area contributed by atoms with Gasteiger partial charge in [-0.2, -0.15) is 0 Å². The van der Waals surface area contributed by atoms with Crippen LogP contribution in [0, 0.1) is 12.7 Å². The fourth-order valence-electron chi connectivity index (χ4n) is 3.30. The Balaban J connectivity index is 1.74. The lowest BCUT2D eigenvalue weighted by Crippen LogP contribution is -2.47. The van der Waals surface area contributed by atoms with Crippen LogP contribution in [0.15, 0.2) is 23.6 Å². The number of thiazole rings is 1. The molecule has 5 nitrogen and oxygen atoms in total. The van der Waals surface area contributed by atoms with E-state index in [1.54, 1.807) is 12.1 Å². The maximum atomic E-state index is 14.6. The summed E-state index contributed by atoms with van der Waals surface area (Å²) in [5, 5.41) is 6.09. The van der Waals surface area contributed by atoms with Crippen LogP contribution in [0.3, 0.4) is 0 Å². The topological polar surface area (TPSA) is 54.5 Å². The number of hydrogen-bond donors (Lipinski definition) is 1. The van der Waals surface area contributed by atoms with Crippen LogP contribution in [0.2, 0.25) is 5.02 Å². The molecule has 0 radical (unpaired) electrons. The lowest BCUT2D eigenvalue weighted by molar-refractivity contribution is -0.120. The van der Waals surface area contributed by atoms with E-state index in [4.69, 9.17) is 16.3 Å². The van der Waals surface area contributed by atoms with Crippen LogP contribution in [0.4, 0.5) is 4.39 Å². The quantitative estimate of drug-likeness (QED) is 0.791. The third kappa shape index (κ3) is 5.25. The van der Waals surface area contributed by atoms with Gasteiger partial charge in [0.1, 0.15) is 5.82 Å². The number of aromatic nitrogens is 1.